The van der Waals surface area contributed by atoms with Gasteiger partial charge in [-0.2, -0.15) is 0 Å². The Balaban J connectivity index is 3.17. The normalized spacial score (nSPS) is 13.1. The van der Waals surface area contributed by atoms with Gasteiger partial charge < -0.3 is 9.47 Å². The summed E-state index contributed by atoms with van der Waals surface area (Å²) in [6.07, 6.45) is 3.55. The molecule has 86 valence electrons. The fourth-order valence-corrected chi connectivity index (χ4v) is 1.06. The lowest BCUT2D eigenvalue weighted by atomic mass is 10.1. The smallest absolute Gasteiger partial charge is 0.0789 e. The van der Waals surface area contributed by atoms with Gasteiger partial charge in [-0.25, -0.2) is 0 Å². The molecule has 0 heterocycles. The third-order valence-electron chi connectivity index (χ3n) is 1.74. The highest BCUT2D eigenvalue weighted by atomic mass is 16.5. The Hall–Kier alpha value is -0.0800. The Morgan fingerprint density at radius 2 is 0.875 bits per heavy atom. The van der Waals surface area contributed by atoms with E-state index in [1.54, 1.807) is 0 Å². The van der Waals surface area contributed by atoms with Gasteiger partial charge in [-0.3, -0.25) is 0 Å². The van der Waals surface area contributed by atoms with Crippen molar-refractivity contribution in [3.8, 4) is 0 Å². The van der Waals surface area contributed by atoms with Crippen molar-refractivity contribution in [1.29, 1.82) is 0 Å². The molecule has 0 unspecified atom stereocenters. The van der Waals surface area contributed by atoms with Gasteiger partial charge in [0.2, 0.25) is 0 Å². The van der Waals surface area contributed by atoms with Gasteiger partial charge >= 0.3 is 0 Å². The molecule has 0 amide bonds. The highest BCUT2D eigenvalue weighted by molar-refractivity contribution is 4.89. The molecule has 0 rings (SSSR count). The fourth-order valence-electron chi connectivity index (χ4n) is 1.06. The minimum atomic E-state index is -1.54. The standard InChI is InChI=1S/C14H18O2/c1-13(2,3)15-11-9-7-8-10-12-16-14(4,5)6/h1-6H,7-12H2. The second-order valence-electron chi connectivity index (χ2n) is 3.82. The van der Waals surface area contributed by atoms with E-state index >= 15 is 0 Å². The monoisotopic (exact) mass is 218 g/mol. The summed E-state index contributed by atoms with van der Waals surface area (Å²) in [5.41, 5.74) is -3.08. The lowest BCUT2D eigenvalue weighted by molar-refractivity contribution is 0.0466. The van der Waals surface area contributed by atoms with E-state index in [9.17, 15) is 0 Å². The molecular weight excluding hydrogens is 200 g/mol. The number of unbranched alkanes of at least 4 members (excludes halogenated alkanes) is 3. The number of hydrogen-bond donors (Lipinski definition) is 0. The van der Waals surface area contributed by atoms with E-state index in [4.69, 9.17) is 51.0 Å². The third kappa shape index (κ3) is 13.9. The molecule has 16 heavy (non-hydrogen) atoms. The zero-order valence-corrected chi connectivity index (χ0v) is 9.52. The third-order valence-corrected chi connectivity index (χ3v) is 1.74. The van der Waals surface area contributed by atoms with Crippen molar-refractivity contribution in [1.82, 2.24) is 0 Å². The summed E-state index contributed by atoms with van der Waals surface area (Å²) in [5, 5.41) is 0. The summed E-state index contributed by atoms with van der Waals surface area (Å²) >= 11 is 0. The molecule has 2 heteroatoms. The predicted octanol–water partition coefficient (Wildman–Crippen LogP) is 2.32. The molecule has 12 radical (unpaired) electrons. The minimum absolute atomic E-state index is 0.430. The van der Waals surface area contributed by atoms with Gasteiger partial charge in [-0.05, 0) is 12.8 Å². The molecule has 0 atom stereocenters. The predicted molar refractivity (Wildman–Crippen MR) is 61.6 cm³/mol. The topological polar surface area (TPSA) is 18.5 Å². The maximum Gasteiger partial charge on any atom is 0.0789 e. The van der Waals surface area contributed by atoms with E-state index in [0.29, 0.717) is 13.2 Å². The van der Waals surface area contributed by atoms with Crippen LogP contribution in [-0.4, -0.2) is 24.4 Å². The highest BCUT2D eigenvalue weighted by Crippen LogP contribution is 2.09. The summed E-state index contributed by atoms with van der Waals surface area (Å²) in [6, 6.07) is 0. The summed E-state index contributed by atoms with van der Waals surface area (Å²) in [4.78, 5) is 0. The summed E-state index contributed by atoms with van der Waals surface area (Å²) in [6.45, 7) is 32.2. The Kier molecular flexibility index (Phi) is 7.25. The molecule has 0 aliphatic carbocycles. The first-order valence-corrected chi connectivity index (χ1v) is 5.22. The van der Waals surface area contributed by atoms with E-state index in [0.717, 1.165) is 25.7 Å². The van der Waals surface area contributed by atoms with Crippen LogP contribution >= 0.6 is 0 Å². The number of rotatable bonds is 9. The Labute approximate surface area is 102 Å². The first-order chi connectivity index (χ1) is 7.21. The molecule has 0 aliphatic heterocycles. The van der Waals surface area contributed by atoms with Gasteiger partial charge in [0.05, 0.1) is 11.2 Å². The maximum atomic E-state index is 5.22. The molecule has 0 N–H and O–H groups in total. The van der Waals surface area contributed by atoms with Crippen molar-refractivity contribution < 1.29 is 9.47 Å². The summed E-state index contributed by atoms with van der Waals surface area (Å²) < 4.78 is 9.86. The van der Waals surface area contributed by atoms with Crippen molar-refractivity contribution in [2.45, 2.75) is 36.9 Å². The van der Waals surface area contributed by atoms with Crippen LogP contribution in [0.2, 0.25) is 0 Å². The largest absolute Gasteiger partial charge is 0.374 e. The van der Waals surface area contributed by atoms with Crippen LogP contribution in [0.15, 0.2) is 0 Å². The van der Waals surface area contributed by atoms with Crippen molar-refractivity contribution in [2.24, 2.45) is 0 Å². The summed E-state index contributed by atoms with van der Waals surface area (Å²) in [7, 11) is 0. The van der Waals surface area contributed by atoms with Gasteiger partial charge in [0, 0.05) is 54.8 Å². The molecule has 0 aromatic rings. The van der Waals surface area contributed by atoms with Crippen LogP contribution in [0.4, 0.5) is 0 Å². The molecule has 0 fully saturated rings. The van der Waals surface area contributed by atoms with E-state index in [1.807, 2.05) is 0 Å². The Morgan fingerprint density at radius 1 is 0.562 bits per heavy atom. The molecule has 0 aromatic heterocycles. The van der Waals surface area contributed by atoms with Crippen molar-refractivity contribution >= 4 is 0 Å². The lowest BCUT2D eigenvalue weighted by Crippen LogP contribution is -2.21. The molecule has 0 aliphatic rings. The second kappa shape index (κ2) is 7.29. The van der Waals surface area contributed by atoms with Crippen LogP contribution in [0.3, 0.4) is 0 Å². The molecule has 0 spiro atoms. The number of ether oxygens (including phenoxy) is 2. The van der Waals surface area contributed by atoms with Gasteiger partial charge in [0.25, 0.3) is 0 Å². The average molecular weight is 218 g/mol. The van der Waals surface area contributed by atoms with Crippen LogP contribution in [0.1, 0.15) is 25.7 Å². The fraction of sp³-hybridized carbons (Fsp3) is 0.571. The first kappa shape index (κ1) is 15.9. The van der Waals surface area contributed by atoms with Crippen molar-refractivity contribution in [3.05, 3.63) is 41.5 Å². The van der Waals surface area contributed by atoms with Crippen LogP contribution < -0.4 is 0 Å². The first-order valence-electron chi connectivity index (χ1n) is 5.22. The molecule has 0 aromatic carbocycles. The molecule has 0 bridgehead atoms. The van der Waals surface area contributed by atoms with Gasteiger partial charge in [-0.15, -0.1) is 0 Å². The van der Waals surface area contributed by atoms with E-state index in [2.05, 4.69) is 0 Å². The van der Waals surface area contributed by atoms with Crippen molar-refractivity contribution in [2.75, 3.05) is 13.2 Å². The Bertz CT molecular complexity index is 143. The van der Waals surface area contributed by atoms with E-state index in [1.165, 1.54) is 0 Å². The minimum Gasteiger partial charge on any atom is -0.374 e. The van der Waals surface area contributed by atoms with E-state index in [-0.39, 0.29) is 0 Å². The van der Waals surface area contributed by atoms with Crippen LogP contribution in [-0.2, 0) is 9.47 Å². The van der Waals surface area contributed by atoms with Gasteiger partial charge in [0.1, 0.15) is 0 Å². The van der Waals surface area contributed by atoms with Gasteiger partial charge in [0.15, 0.2) is 0 Å². The van der Waals surface area contributed by atoms with Crippen LogP contribution in [0.5, 0.6) is 0 Å². The zero-order chi connectivity index (χ0) is 12.7. The van der Waals surface area contributed by atoms with E-state index < -0.39 is 11.2 Å². The SMILES string of the molecule is [CH]C([CH])([CH])OCCCCCCOC([CH])([CH])[CH]. The van der Waals surface area contributed by atoms with Crippen molar-refractivity contribution in [3.63, 3.8) is 0 Å². The highest BCUT2D eigenvalue weighted by Gasteiger charge is 2.11. The molecule has 2 nitrogen and oxygen atoms in total. The summed E-state index contributed by atoms with van der Waals surface area (Å²) in [5.74, 6) is 0. The van der Waals surface area contributed by atoms with Crippen LogP contribution in [0, 0.1) is 41.5 Å². The lowest BCUT2D eigenvalue weighted by Gasteiger charge is -2.18. The quantitative estimate of drug-likeness (QED) is 0.553. The maximum absolute atomic E-state index is 5.22. The molecule has 0 saturated heterocycles. The van der Waals surface area contributed by atoms with Crippen LogP contribution in [0.25, 0.3) is 0 Å². The number of hydrogen-bond acceptors (Lipinski definition) is 2. The Morgan fingerprint density at radius 3 is 1.12 bits per heavy atom. The van der Waals surface area contributed by atoms with Gasteiger partial charge in [-0.1, -0.05) is 12.8 Å². The average Bonchev–Trinajstić information content (AvgIpc) is 2.06. The molecule has 0 saturated carbocycles. The molecular formula is C14H18O2. The second-order valence-corrected chi connectivity index (χ2v) is 3.82. The zero-order valence-electron chi connectivity index (χ0n) is 9.52.